The highest BCUT2D eigenvalue weighted by Gasteiger charge is 2.18. The standard InChI is InChI=1S/C12H20O3/c1-10(9-14-2)12(13)15-11-7-5-3-4-6-8-11/h11H,1,3-9H2,2H3. The Morgan fingerprint density at radius 3 is 2.40 bits per heavy atom. The second kappa shape index (κ2) is 6.62. The Bertz CT molecular complexity index is 215. The van der Waals surface area contributed by atoms with E-state index >= 15 is 0 Å². The molecule has 1 fully saturated rings. The molecule has 0 spiro atoms. The number of esters is 1. The van der Waals surface area contributed by atoms with E-state index in [-0.39, 0.29) is 18.7 Å². The zero-order valence-electron chi connectivity index (χ0n) is 9.46. The van der Waals surface area contributed by atoms with Gasteiger partial charge in [0.15, 0.2) is 0 Å². The Hall–Kier alpha value is -0.830. The van der Waals surface area contributed by atoms with Crippen molar-refractivity contribution in [2.75, 3.05) is 13.7 Å². The van der Waals surface area contributed by atoms with Gasteiger partial charge < -0.3 is 9.47 Å². The van der Waals surface area contributed by atoms with Crippen molar-refractivity contribution in [3.8, 4) is 0 Å². The Labute approximate surface area is 91.4 Å². The zero-order chi connectivity index (χ0) is 11.1. The van der Waals surface area contributed by atoms with Gasteiger partial charge in [0.05, 0.1) is 12.2 Å². The van der Waals surface area contributed by atoms with Gasteiger partial charge >= 0.3 is 5.97 Å². The Morgan fingerprint density at radius 1 is 1.27 bits per heavy atom. The largest absolute Gasteiger partial charge is 0.459 e. The second-order valence-electron chi connectivity index (χ2n) is 4.06. The lowest BCUT2D eigenvalue weighted by atomic mass is 10.1. The van der Waals surface area contributed by atoms with Crippen LogP contribution in [0.1, 0.15) is 38.5 Å². The van der Waals surface area contributed by atoms with E-state index in [1.807, 2.05) is 0 Å². The minimum Gasteiger partial charge on any atom is -0.459 e. The number of rotatable bonds is 4. The predicted octanol–water partition coefficient (Wildman–Crippen LogP) is 2.46. The van der Waals surface area contributed by atoms with E-state index in [0.717, 1.165) is 25.7 Å². The quantitative estimate of drug-likeness (QED) is 0.408. The lowest BCUT2D eigenvalue weighted by molar-refractivity contribution is -0.145. The molecule has 0 aromatic carbocycles. The summed E-state index contributed by atoms with van der Waals surface area (Å²) in [5, 5.41) is 0. The molecule has 1 rings (SSSR count). The van der Waals surface area contributed by atoms with Gasteiger partial charge in [0.1, 0.15) is 6.10 Å². The fourth-order valence-corrected chi connectivity index (χ4v) is 1.83. The molecule has 0 aromatic heterocycles. The van der Waals surface area contributed by atoms with Gasteiger partial charge in [-0.25, -0.2) is 4.79 Å². The van der Waals surface area contributed by atoms with E-state index in [2.05, 4.69) is 6.58 Å². The first kappa shape index (κ1) is 12.2. The number of methoxy groups -OCH3 is 1. The number of hydrogen-bond donors (Lipinski definition) is 0. The molecule has 86 valence electrons. The Balaban J connectivity index is 2.32. The fourth-order valence-electron chi connectivity index (χ4n) is 1.83. The maximum absolute atomic E-state index is 11.5. The summed E-state index contributed by atoms with van der Waals surface area (Å²) in [6, 6.07) is 0. The van der Waals surface area contributed by atoms with Gasteiger partial charge in [-0.15, -0.1) is 0 Å². The molecule has 0 N–H and O–H groups in total. The van der Waals surface area contributed by atoms with Crippen LogP contribution in [0.2, 0.25) is 0 Å². The van der Waals surface area contributed by atoms with Crippen LogP contribution >= 0.6 is 0 Å². The molecule has 1 aliphatic carbocycles. The minimum atomic E-state index is -0.302. The molecule has 0 unspecified atom stereocenters. The van der Waals surface area contributed by atoms with E-state index in [0.29, 0.717) is 5.57 Å². The number of hydrogen-bond acceptors (Lipinski definition) is 3. The normalized spacial score (nSPS) is 18.2. The molecule has 15 heavy (non-hydrogen) atoms. The van der Waals surface area contributed by atoms with Crippen molar-refractivity contribution in [1.29, 1.82) is 0 Å². The third-order valence-corrected chi connectivity index (χ3v) is 2.68. The molecule has 0 bridgehead atoms. The molecule has 1 aliphatic rings. The molecule has 0 aliphatic heterocycles. The van der Waals surface area contributed by atoms with Crippen LogP contribution in [-0.4, -0.2) is 25.8 Å². The lowest BCUT2D eigenvalue weighted by Crippen LogP contribution is -2.20. The van der Waals surface area contributed by atoms with E-state index in [4.69, 9.17) is 9.47 Å². The first-order valence-corrected chi connectivity index (χ1v) is 5.61. The van der Waals surface area contributed by atoms with Crippen LogP contribution in [-0.2, 0) is 14.3 Å². The van der Waals surface area contributed by atoms with Gasteiger partial charge in [0.25, 0.3) is 0 Å². The van der Waals surface area contributed by atoms with Crippen molar-refractivity contribution < 1.29 is 14.3 Å². The lowest BCUT2D eigenvalue weighted by Gasteiger charge is -2.15. The first-order valence-electron chi connectivity index (χ1n) is 5.61. The van der Waals surface area contributed by atoms with Crippen molar-refractivity contribution in [3.05, 3.63) is 12.2 Å². The van der Waals surface area contributed by atoms with Gasteiger partial charge in [-0.1, -0.05) is 19.4 Å². The van der Waals surface area contributed by atoms with Crippen LogP contribution in [0, 0.1) is 0 Å². The van der Waals surface area contributed by atoms with Crippen LogP contribution < -0.4 is 0 Å². The molecule has 3 nitrogen and oxygen atoms in total. The van der Waals surface area contributed by atoms with Crippen molar-refractivity contribution in [2.24, 2.45) is 0 Å². The summed E-state index contributed by atoms with van der Waals surface area (Å²) < 4.78 is 10.2. The molecular formula is C12H20O3. The molecule has 0 aromatic rings. The average Bonchev–Trinajstić information content (AvgIpc) is 2.46. The summed E-state index contributed by atoms with van der Waals surface area (Å²) in [5.74, 6) is -0.302. The van der Waals surface area contributed by atoms with E-state index in [1.54, 1.807) is 7.11 Å². The maximum Gasteiger partial charge on any atom is 0.336 e. The number of carbonyl (C=O) groups excluding carboxylic acids is 1. The zero-order valence-corrected chi connectivity index (χ0v) is 9.46. The van der Waals surface area contributed by atoms with Crippen LogP contribution in [0.4, 0.5) is 0 Å². The summed E-state index contributed by atoms with van der Waals surface area (Å²) in [4.78, 5) is 11.5. The summed E-state index contributed by atoms with van der Waals surface area (Å²) in [6.07, 6.45) is 6.91. The molecule has 1 saturated carbocycles. The van der Waals surface area contributed by atoms with E-state index in [1.165, 1.54) is 12.8 Å². The van der Waals surface area contributed by atoms with Crippen LogP contribution in [0.5, 0.6) is 0 Å². The monoisotopic (exact) mass is 212 g/mol. The predicted molar refractivity (Wildman–Crippen MR) is 58.6 cm³/mol. The van der Waals surface area contributed by atoms with E-state index < -0.39 is 0 Å². The van der Waals surface area contributed by atoms with Crippen molar-refractivity contribution in [1.82, 2.24) is 0 Å². The average molecular weight is 212 g/mol. The fraction of sp³-hybridized carbons (Fsp3) is 0.750. The molecule has 0 amide bonds. The summed E-state index contributed by atoms with van der Waals surface area (Å²) in [5.41, 5.74) is 0.404. The molecule has 0 heterocycles. The van der Waals surface area contributed by atoms with Gasteiger partial charge in [-0.05, 0) is 25.7 Å². The maximum atomic E-state index is 11.5. The molecular weight excluding hydrogens is 192 g/mol. The SMILES string of the molecule is C=C(COC)C(=O)OC1CCCCCC1. The smallest absolute Gasteiger partial charge is 0.336 e. The van der Waals surface area contributed by atoms with Gasteiger partial charge in [0.2, 0.25) is 0 Å². The van der Waals surface area contributed by atoms with Crippen LogP contribution in [0.25, 0.3) is 0 Å². The third-order valence-electron chi connectivity index (χ3n) is 2.68. The molecule has 0 atom stereocenters. The van der Waals surface area contributed by atoms with E-state index in [9.17, 15) is 4.79 Å². The summed E-state index contributed by atoms with van der Waals surface area (Å²) in [7, 11) is 1.55. The van der Waals surface area contributed by atoms with Crippen molar-refractivity contribution >= 4 is 5.97 Å². The second-order valence-corrected chi connectivity index (χ2v) is 4.06. The molecule has 0 radical (unpaired) electrons. The van der Waals surface area contributed by atoms with Gasteiger partial charge in [-0.2, -0.15) is 0 Å². The first-order chi connectivity index (χ1) is 7.24. The topological polar surface area (TPSA) is 35.5 Å². The van der Waals surface area contributed by atoms with Gasteiger partial charge in [-0.3, -0.25) is 0 Å². The minimum absolute atomic E-state index is 0.0913. The number of carbonyl (C=O) groups is 1. The van der Waals surface area contributed by atoms with Crippen LogP contribution in [0.15, 0.2) is 12.2 Å². The molecule has 0 saturated heterocycles. The summed E-state index contributed by atoms with van der Waals surface area (Å²) in [6.45, 7) is 3.89. The molecule has 3 heteroatoms. The van der Waals surface area contributed by atoms with Gasteiger partial charge in [0, 0.05) is 7.11 Å². The number of ether oxygens (including phenoxy) is 2. The Kier molecular flexibility index (Phi) is 5.40. The van der Waals surface area contributed by atoms with Crippen LogP contribution in [0.3, 0.4) is 0 Å². The Morgan fingerprint density at radius 2 is 1.87 bits per heavy atom. The highest BCUT2D eigenvalue weighted by molar-refractivity contribution is 5.88. The highest BCUT2D eigenvalue weighted by atomic mass is 16.5. The highest BCUT2D eigenvalue weighted by Crippen LogP contribution is 2.20. The van der Waals surface area contributed by atoms with Crippen molar-refractivity contribution in [3.63, 3.8) is 0 Å². The van der Waals surface area contributed by atoms with Crippen molar-refractivity contribution in [2.45, 2.75) is 44.6 Å². The third kappa shape index (κ3) is 4.47. The summed E-state index contributed by atoms with van der Waals surface area (Å²) >= 11 is 0.